The van der Waals surface area contributed by atoms with E-state index in [9.17, 15) is 20.1 Å². The Kier molecular flexibility index (Phi) is 5.61. The van der Waals surface area contributed by atoms with Gasteiger partial charge in [0.15, 0.2) is 5.82 Å². The van der Waals surface area contributed by atoms with Crippen molar-refractivity contribution >= 4 is 17.5 Å². The third kappa shape index (κ3) is 3.91. The number of hydrogen-bond acceptors (Lipinski definition) is 8. The molecule has 2 aromatic carbocycles. The van der Waals surface area contributed by atoms with Crippen LogP contribution >= 0.6 is 11.6 Å². The third-order valence-corrected chi connectivity index (χ3v) is 5.01. The zero-order chi connectivity index (χ0) is 22.8. The predicted molar refractivity (Wildman–Crippen MR) is 115 cm³/mol. The van der Waals surface area contributed by atoms with Crippen LogP contribution in [0.5, 0.6) is 17.5 Å². The van der Waals surface area contributed by atoms with Crippen LogP contribution in [0, 0.1) is 0 Å². The first-order chi connectivity index (χ1) is 15.4. The second-order valence-corrected chi connectivity index (χ2v) is 7.26. The monoisotopic (exact) mass is 452 g/mol. The van der Waals surface area contributed by atoms with Crippen LogP contribution in [0.4, 0.5) is 0 Å². The van der Waals surface area contributed by atoms with Gasteiger partial charge in [0.1, 0.15) is 11.5 Å². The summed E-state index contributed by atoms with van der Waals surface area (Å²) in [5, 5.41) is 39.0. The Hall–Kier alpha value is -4.18. The van der Waals surface area contributed by atoms with E-state index < -0.39 is 17.7 Å². The first-order valence-corrected chi connectivity index (χ1v) is 9.70. The van der Waals surface area contributed by atoms with Gasteiger partial charge < -0.3 is 20.2 Å². The largest absolute Gasteiger partial charge is 0.507 e. The van der Waals surface area contributed by atoms with Gasteiger partial charge in [0.25, 0.3) is 5.91 Å². The van der Waals surface area contributed by atoms with Crippen LogP contribution in [0.3, 0.4) is 0 Å². The van der Waals surface area contributed by atoms with Gasteiger partial charge in [0.2, 0.25) is 0 Å². The van der Waals surface area contributed by atoms with Crippen LogP contribution in [0.2, 0.25) is 5.02 Å². The first-order valence-electron chi connectivity index (χ1n) is 9.32. The maximum atomic E-state index is 13.0. The molecule has 3 N–H and O–H groups in total. The SMILES string of the molecule is CN(Cc1cnccn1)C(=O)c1cc(-c2nnc(O)n2-c2ccccc2Cl)c(O)cc1O. The normalized spacial score (nSPS) is 10.8. The van der Waals surface area contributed by atoms with Gasteiger partial charge in [-0.2, -0.15) is 0 Å². The van der Waals surface area contributed by atoms with Crippen molar-refractivity contribution in [2.45, 2.75) is 6.54 Å². The second kappa shape index (κ2) is 8.52. The summed E-state index contributed by atoms with van der Waals surface area (Å²) >= 11 is 6.25. The standard InChI is InChI=1S/C21H17ClN6O4/c1-27(11-12-10-23-6-7-24-12)20(31)14-8-13(17(29)9-18(14)30)19-25-26-21(32)28(19)16-5-3-2-4-15(16)22/h2-10,29-30H,11H2,1H3,(H,26,32). The van der Waals surface area contributed by atoms with Gasteiger partial charge in [0, 0.05) is 25.5 Å². The number of amides is 1. The Morgan fingerprint density at radius 3 is 2.59 bits per heavy atom. The molecule has 10 nitrogen and oxygen atoms in total. The van der Waals surface area contributed by atoms with Crippen molar-refractivity contribution in [2.75, 3.05) is 7.05 Å². The van der Waals surface area contributed by atoms with Crippen molar-refractivity contribution in [3.05, 3.63) is 71.3 Å². The highest BCUT2D eigenvalue weighted by molar-refractivity contribution is 6.32. The minimum absolute atomic E-state index is 0.0266. The lowest BCUT2D eigenvalue weighted by Crippen LogP contribution is -2.26. The molecule has 0 aliphatic heterocycles. The van der Waals surface area contributed by atoms with E-state index in [2.05, 4.69) is 20.2 Å². The van der Waals surface area contributed by atoms with E-state index in [1.807, 2.05) is 0 Å². The fraction of sp³-hybridized carbons (Fsp3) is 0.0952. The number of rotatable bonds is 5. The minimum Gasteiger partial charge on any atom is -0.507 e. The molecule has 0 aliphatic carbocycles. The van der Waals surface area contributed by atoms with Gasteiger partial charge >= 0.3 is 6.01 Å². The molecule has 0 saturated carbocycles. The molecule has 0 spiro atoms. The van der Waals surface area contributed by atoms with Crippen LogP contribution in [-0.4, -0.2) is 57.9 Å². The molecule has 32 heavy (non-hydrogen) atoms. The van der Waals surface area contributed by atoms with Crippen LogP contribution in [0.25, 0.3) is 17.1 Å². The Balaban J connectivity index is 1.76. The second-order valence-electron chi connectivity index (χ2n) is 6.85. The highest BCUT2D eigenvalue weighted by Crippen LogP contribution is 2.37. The maximum absolute atomic E-state index is 13.0. The minimum atomic E-state index is -0.526. The zero-order valence-electron chi connectivity index (χ0n) is 16.7. The summed E-state index contributed by atoms with van der Waals surface area (Å²) in [5.41, 5.74) is 0.904. The van der Waals surface area contributed by atoms with E-state index in [4.69, 9.17) is 11.6 Å². The van der Waals surface area contributed by atoms with E-state index >= 15 is 0 Å². The number of aromatic hydroxyl groups is 3. The van der Waals surface area contributed by atoms with Gasteiger partial charge in [-0.25, -0.2) is 4.57 Å². The Labute approximate surface area is 187 Å². The van der Waals surface area contributed by atoms with E-state index in [0.717, 1.165) is 6.07 Å². The molecule has 0 bridgehead atoms. The summed E-state index contributed by atoms with van der Waals surface area (Å²) in [6.45, 7) is 0.152. The molecule has 2 heterocycles. The number of para-hydroxylation sites is 1. The number of carbonyl (C=O) groups is 1. The molecular weight excluding hydrogens is 436 g/mol. The smallest absolute Gasteiger partial charge is 0.319 e. The number of hydrogen-bond donors (Lipinski definition) is 3. The van der Waals surface area contributed by atoms with E-state index in [0.29, 0.717) is 16.4 Å². The van der Waals surface area contributed by atoms with Crippen LogP contribution in [0.1, 0.15) is 16.1 Å². The number of phenols is 2. The molecule has 4 rings (SSSR count). The number of aromatic nitrogens is 5. The van der Waals surface area contributed by atoms with Crippen LogP contribution in [-0.2, 0) is 6.54 Å². The van der Waals surface area contributed by atoms with Gasteiger partial charge in [-0.3, -0.25) is 14.8 Å². The molecule has 162 valence electrons. The number of halogens is 1. The first kappa shape index (κ1) is 21.1. The summed E-state index contributed by atoms with van der Waals surface area (Å²) in [6.07, 6.45) is 4.56. The molecule has 1 amide bonds. The zero-order valence-corrected chi connectivity index (χ0v) is 17.5. The van der Waals surface area contributed by atoms with Crippen molar-refractivity contribution in [1.82, 2.24) is 29.6 Å². The molecular formula is C21H17ClN6O4. The summed E-state index contributed by atoms with van der Waals surface area (Å²) in [7, 11) is 1.54. The van der Waals surface area contributed by atoms with Crippen LogP contribution in [0.15, 0.2) is 55.0 Å². The molecule has 0 atom stereocenters. The summed E-state index contributed by atoms with van der Waals surface area (Å²) in [5.74, 6) is -1.28. The third-order valence-electron chi connectivity index (χ3n) is 4.69. The molecule has 0 unspecified atom stereocenters. The highest BCUT2D eigenvalue weighted by Gasteiger charge is 2.24. The van der Waals surface area contributed by atoms with Crippen molar-refractivity contribution in [3.8, 4) is 34.6 Å². The molecule has 4 aromatic rings. The molecule has 0 fully saturated rings. The number of benzene rings is 2. The van der Waals surface area contributed by atoms with E-state index in [1.165, 1.54) is 34.1 Å². The summed E-state index contributed by atoms with van der Waals surface area (Å²) in [4.78, 5) is 22.4. The van der Waals surface area contributed by atoms with E-state index in [1.54, 1.807) is 31.3 Å². The maximum Gasteiger partial charge on any atom is 0.319 e. The lowest BCUT2D eigenvalue weighted by atomic mass is 10.1. The summed E-state index contributed by atoms with van der Waals surface area (Å²) < 4.78 is 1.23. The van der Waals surface area contributed by atoms with Gasteiger partial charge in [-0.1, -0.05) is 28.8 Å². The average molecular weight is 453 g/mol. The van der Waals surface area contributed by atoms with Crippen molar-refractivity contribution < 1.29 is 20.1 Å². The highest BCUT2D eigenvalue weighted by atomic mass is 35.5. The quantitative estimate of drug-likeness (QED) is 0.420. The van der Waals surface area contributed by atoms with E-state index in [-0.39, 0.29) is 29.2 Å². The van der Waals surface area contributed by atoms with Crippen molar-refractivity contribution in [3.63, 3.8) is 0 Å². The molecule has 2 aromatic heterocycles. The van der Waals surface area contributed by atoms with Gasteiger partial charge in [0.05, 0.1) is 40.3 Å². The Morgan fingerprint density at radius 2 is 1.88 bits per heavy atom. The number of phenolic OH excluding ortho intramolecular Hbond substituents is 2. The number of carbonyl (C=O) groups excluding carboxylic acids is 1. The lowest BCUT2D eigenvalue weighted by molar-refractivity contribution is 0.0780. The molecule has 0 saturated heterocycles. The van der Waals surface area contributed by atoms with Gasteiger partial charge in [-0.15, -0.1) is 5.10 Å². The predicted octanol–water partition coefficient (Wildman–Crippen LogP) is 2.77. The topological polar surface area (TPSA) is 137 Å². The lowest BCUT2D eigenvalue weighted by Gasteiger charge is -2.18. The van der Waals surface area contributed by atoms with Gasteiger partial charge in [-0.05, 0) is 18.2 Å². The fourth-order valence-corrected chi connectivity index (χ4v) is 3.39. The Morgan fingerprint density at radius 1 is 1.09 bits per heavy atom. The number of nitrogens with zero attached hydrogens (tertiary/aromatic N) is 6. The molecule has 0 radical (unpaired) electrons. The Bertz CT molecular complexity index is 1290. The summed E-state index contributed by atoms with van der Waals surface area (Å²) in [6, 6.07) is 8.51. The van der Waals surface area contributed by atoms with Crippen molar-refractivity contribution in [2.24, 2.45) is 0 Å². The molecule has 11 heteroatoms. The average Bonchev–Trinajstić information content (AvgIpc) is 3.15. The fourth-order valence-electron chi connectivity index (χ4n) is 3.17. The van der Waals surface area contributed by atoms with Crippen LogP contribution < -0.4 is 0 Å². The molecule has 0 aliphatic rings. The van der Waals surface area contributed by atoms with Crippen molar-refractivity contribution in [1.29, 1.82) is 0 Å².